The summed E-state index contributed by atoms with van der Waals surface area (Å²) in [5, 5.41) is 1.74. The Hall–Kier alpha value is -2.00. The predicted octanol–water partition coefficient (Wildman–Crippen LogP) is 1.94. The van der Waals surface area contributed by atoms with E-state index in [0.29, 0.717) is 24.6 Å². The molecule has 3 rings (SSSR count). The minimum absolute atomic E-state index is 0.549. The van der Waals surface area contributed by atoms with E-state index in [1.165, 1.54) is 25.5 Å². The minimum Gasteiger partial charge on any atom is -0.352 e. The molecule has 0 radical (unpaired) electrons. The van der Waals surface area contributed by atoms with Crippen molar-refractivity contribution in [1.29, 1.82) is 0 Å². The Morgan fingerprint density at radius 1 is 1.30 bits per heavy atom. The molecule has 0 bridgehead atoms. The molecule has 3 aliphatic heterocycles. The van der Waals surface area contributed by atoms with Gasteiger partial charge >= 0.3 is 0 Å². The number of rotatable bonds is 8. The van der Waals surface area contributed by atoms with Crippen molar-refractivity contribution in [2.24, 2.45) is 4.99 Å². The summed E-state index contributed by atoms with van der Waals surface area (Å²) in [5.41, 5.74) is 3.17. The molecule has 3 heterocycles. The van der Waals surface area contributed by atoms with E-state index in [1.807, 2.05) is 13.1 Å². The van der Waals surface area contributed by atoms with Crippen molar-refractivity contribution in [3.8, 4) is 0 Å². The van der Waals surface area contributed by atoms with E-state index < -0.39 is 10.0 Å². The van der Waals surface area contributed by atoms with Crippen LogP contribution in [-0.4, -0.2) is 62.6 Å². The number of nitrogens with one attached hydrogen (secondary N) is 1. The van der Waals surface area contributed by atoms with Crippen molar-refractivity contribution >= 4 is 16.2 Å². The molecule has 0 fully saturated rings. The number of aliphatic imine (C=N–C) groups is 1. The van der Waals surface area contributed by atoms with Crippen LogP contribution in [0.4, 0.5) is 0 Å². The fourth-order valence-corrected chi connectivity index (χ4v) is 4.21. The van der Waals surface area contributed by atoms with Gasteiger partial charge in [-0.25, -0.2) is 18.5 Å². The Morgan fingerprint density at radius 3 is 2.74 bits per heavy atom. The van der Waals surface area contributed by atoms with E-state index >= 15 is 0 Å². The van der Waals surface area contributed by atoms with E-state index in [4.69, 9.17) is 4.84 Å². The van der Waals surface area contributed by atoms with Crippen LogP contribution in [0.5, 0.6) is 0 Å². The van der Waals surface area contributed by atoms with Crippen LogP contribution < -0.4 is 4.72 Å². The number of nitrogens with zero attached hydrogens (tertiary/aromatic N) is 4. The van der Waals surface area contributed by atoms with Gasteiger partial charge in [-0.05, 0) is 18.9 Å². The Morgan fingerprint density at radius 2 is 2.07 bits per heavy atom. The van der Waals surface area contributed by atoms with Gasteiger partial charge in [-0.15, -0.1) is 0 Å². The molecule has 150 valence electrons. The number of hydrogen-bond acceptors (Lipinski definition) is 7. The fourth-order valence-electron chi connectivity index (χ4n) is 3.57. The number of fused-ring (bicyclic) bond motifs is 2. The van der Waals surface area contributed by atoms with E-state index in [-0.39, 0.29) is 0 Å². The Bertz CT molecular complexity index is 813. The lowest BCUT2D eigenvalue weighted by Crippen LogP contribution is -2.44. The van der Waals surface area contributed by atoms with Gasteiger partial charge in [0.25, 0.3) is 0 Å². The molecule has 0 amide bonds. The van der Waals surface area contributed by atoms with Crippen LogP contribution in [0, 0.1) is 0 Å². The second-order valence-electron chi connectivity index (χ2n) is 7.17. The van der Waals surface area contributed by atoms with Crippen molar-refractivity contribution in [3.05, 3.63) is 34.7 Å². The van der Waals surface area contributed by atoms with Crippen LogP contribution in [0.2, 0.25) is 0 Å². The van der Waals surface area contributed by atoms with Crippen molar-refractivity contribution in [1.82, 2.24) is 19.6 Å². The minimum atomic E-state index is -3.39. The Labute approximate surface area is 161 Å². The first-order chi connectivity index (χ1) is 12.8. The molecule has 0 aromatic heterocycles. The number of unbranched alkanes of at least 4 members (excludes halogenated alkanes) is 3. The van der Waals surface area contributed by atoms with Crippen LogP contribution in [0.3, 0.4) is 0 Å². The molecule has 3 aliphatic rings. The fraction of sp³-hybridized carbons (Fsp3) is 0.611. The van der Waals surface area contributed by atoms with Crippen LogP contribution in [0.15, 0.2) is 39.7 Å². The maximum absolute atomic E-state index is 11.9. The number of sulfonamides is 1. The van der Waals surface area contributed by atoms with Gasteiger partial charge in [0, 0.05) is 13.1 Å². The summed E-state index contributed by atoms with van der Waals surface area (Å²) in [6, 6.07) is 0. The lowest BCUT2D eigenvalue weighted by molar-refractivity contribution is -0.0971. The number of allylic oxidation sites excluding steroid dienone is 1. The molecule has 8 nitrogen and oxygen atoms in total. The highest BCUT2D eigenvalue weighted by atomic mass is 32.2. The zero-order valence-electron chi connectivity index (χ0n) is 16.5. The molecule has 27 heavy (non-hydrogen) atoms. The Kier molecular flexibility index (Phi) is 5.81. The maximum atomic E-state index is 11.9. The molecular formula is C18H29N5O3S. The summed E-state index contributed by atoms with van der Waals surface area (Å²) in [5.74, 6) is 0.941. The highest BCUT2D eigenvalue weighted by Gasteiger charge is 2.36. The molecule has 0 aromatic rings. The smallest absolute Gasteiger partial charge is 0.229 e. The average Bonchev–Trinajstić information content (AvgIpc) is 3.03. The van der Waals surface area contributed by atoms with Crippen LogP contribution in [-0.2, 0) is 14.9 Å². The van der Waals surface area contributed by atoms with Gasteiger partial charge in [0.1, 0.15) is 18.2 Å². The first kappa shape index (κ1) is 19.8. The van der Waals surface area contributed by atoms with Crippen LogP contribution in [0.1, 0.15) is 39.5 Å². The molecule has 0 aliphatic carbocycles. The summed E-state index contributed by atoms with van der Waals surface area (Å²) in [7, 11) is -1.76. The van der Waals surface area contributed by atoms with Crippen LogP contribution in [0.25, 0.3) is 0 Å². The summed E-state index contributed by atoms with van der Waals surface area (Å²) < 4.78 is 26.4. The van der Waals surface area contributed by atoms with Gasteiger partial charge in [0.2, 0.25) is 10.0 Å². The quantitative estimate of drug-likeness (QED) is 0.633. The SMILES string of the molecule is CCCCCCN1CC(C)=C(NS(C)(=O)=O)C2=C1N1CN(OC)C=C1C=N2. The van der Waals surface area contributed by atoms with Gasteiger partial charge in [0.05, 0.1) is 37.2 Å². The number of hydroxylamine groups is 2. The second kappa shape index (κ2) is 7.93. The lowest BCUT2D eigenvalue weighted by atomic mass is 10.1. The third-order valence-corrected chi connectivity index (χ3v) is 5.43. The first-order valence-corrected chi connectivity index (χ1v) is 11.2. The topological polar surface area (TPSA) is 77.5 Å². The second-order valence-corrected chi connectivity index (χ2v) is 8.91. The standard InChI is InChI=1S/C18H29N5O3S/c1-5-6-7-8-9-21-11-14(2)16(20-27(4,24)25)17-18(21)23-13-22(26-3)12-15(23)10-19-17/h10,12,20H,5-9,11,13H2,1-4H3. The third-order valence-electron chi connectivity index (χ3n) is 4.86. The van der Waals surface area contributed by atoms with Gasteiger partial charge in [-0.1, -0.05) is 26.2 Å². The zero-order chi connectivity index (χ0) is 19.6. The largest absolute Gasteiger partial charge is 0.352 e. The molecule has 0 spiro atoms. The van der Waals surface area contributed by atoms with Crippen LogP contribution >= 0.6 is 0 Å². The van der Waals surface area contributed by atoms with E-state index in [2.05, 4.69) is 26.4 Å². The van der Waals surface area contributed by atoms with Crippen molar-refractivity contribution in [2.45, 2.75) is 39.5 Å². The summed E-state index contributed by atoms with van der Waals surface area (Å²) in [6.45, 7) is 6.30. The van der Waals surface area contributed by atoms with Gasteiger partial charge in [0.15, 0.2) is 0 Å². The molecular weight excluding hydrogens is 366 g/mol. The van der Waals surface area contributed by atoms with Crippen molar-refractivity contribution < 1.29 is 13.3 Å². The molecule has 0 unspecified atom stereocenters. The molecule has 0 saturated carbocycles. The molecule has 0 atom stereocenters. The van der Waals surface area contributed by atoms with E-state index in [0.717, 1.165) is 30.1 Å². The van der Waals surface area contributed by atoms with Gasteiger partial charge in [-0.2, -0.15) is 0 Å². The zero-order valence-corrected chi connectivity index (χ0v) is 17.3. The summed E-state index contributed by atoms with van der Waals surface area (Å²) in [6.07, 6.45) is 9.53. The Balaban J connectivity index is 1.94. The van der Waals surface area contributed by atoms with Gasteiger partial charge in [-0.3, -0.25) is 9.56 Å². The number of hydrogen-bond donors (Lipinski definition) is 1. The van der Waals surface area contributed by atoms with Crippen molar-refractivity contribution in [3.63, 3.8) is 0 Å². The summed E-state index contributed by atoms with van der Waals surface area (Å²) >= 11 is 0. The maximum Gasteiger partial charge on any atom is 0.229 e. The van der Waals surface area contributed by atoms with E-state index in [1.54, 1.807) is 18.4 Å². The molecule has 9 heteroatoms. The predicted molar refractivity (Wildman–Crippen MR) is 106 cm³/mol. The lowest BCUT2D eigenvalue weighted by Gasteiger charge is -2.40. The highest BCUT2D eigenvalue weighted by molar-refractivity contribution is 7.88. The molecule has 0 aromatic carbocycles. The monoisotopic (exact) mass is 395 g/mol. The first-order valence-electron chi connectivity index (χ1n) is 9.35. The van der Waals surface area contributed by atoms with E-state index in [9.17, 15) is 8.42 Å². The molecule has 0 saturated heterocycles. The highest BCUT2D eigenvalue weighted by Crippen LogP contribution is 2.36. The molecule has 1 N–H and O–H groups in total. The van der Waals surface area contributed by atoms with Gasteiger partial charge < -0.3 is 9.80 Å². The van der Waals surface area contributed by atoms with Crippen molar-refractivity contribution in [2.75, 3.05) is 33.1 Å². The third kappa shape index (κ3) is 4.30. The average molecular weight is 396 g/mol. The summed E-state index contributed by atoms with van der Waals surface area (Å²) in [4.78, 5) is 14.4. The normalized spacial score (nSPS) is 19.6.